The molecule has 1 saturated carbocycles. The van der Waals surface area contributed by atoms with Crippen molar-refractivity contribution in [3.05, 3.63) is 53.1 Å². The van der Waals surface area contributed by atoms with Gasteiger partial charge >= 0.3 is 0 Å². The molecule has 2 aromatic carbocycles. The molecule has 0 aromatic heterocycles. The number of hydrogen-bond acceptors (Lipinski definition) is 3. The minimum Gasteiger partial charge on any atom is -0.486 e. The number of fused-ring (bicyclic) bond motifs is 1. The lowest BCUT2D eigenvalue weighted by atomic mass is 10.1. The van der Waals surface area contributed by atoms with Crippen LogP contribution in [0.25, 0.3) is 0 Å². The Labute approximate surface area is 141 Å². The van der Waals surface area contributed by atoms with Gasteiger partial charge in [0.1, 0.15) is 13.2 Å². The van der Waals surface area contributed by atoms with Gasteiger partial charge in [0.2, 0.25) is 5.91 Å². The zero-order valence-corrected chi connectivity index (χ0v) is 14.0. The van der Waals surface area contributed by atoms with E-state index in [2.05, 4.69) is 11.4 Å². The molecule has 2 aliphatic rings. The molecule has 4 rings (SSSR count). The van der Waals surface area contributed by atoms with Crippen molar-refractivity contribution in [2.75, 3.05) is 18.5 Å². The van der Waals surface area contributed by atoms with Gasteiger partial charge < -0.3 is 14.8 Å². The maximum atomic E-state index is 12.5. The highest BCUT2D eigenvalue weighted by atomic mass is 16.6. The van der Waals surface area contributed by atoms with Crippen molar-refractivity contribution < 1.29 is 14.3 Å². The number of hydrogen-bond donors (Lipinski definition) is 1. The van der Waals surface area contributed by atoms with Crippen molar-refractivity contribution >= 4 is 11.6 Å². The van der Waals surface area contributed by atoms with E-state index in [4.69, 9.17) is 9.47 Å². The second kappa shape index (κ2) is 5.86. The van der Waals surface area contributed by atoms with Gasteiger partial charge in [-0.15, -0.1) is 0 Å². The van der Waals surface area contributed by atoms with Crippen LogP contribution < -0.4 is 14.8 Å². The van der Waals surface area contributed by atoms with Crippen LogP contribution in [0.15, 0.2) is 36.4 Å². The average Bonchev–Trinajstić information content (AvgIpc) is 3.38. The fraction of sp³-hybridized carbons (Fsp3) is 0.350. The molecular weight excluding hydrogens is 302 g/mol. The van der Waals surface area contributed by atoms with Crippen molar-refractivity contribution in [2.24, 2.45) is 5.92 Å². The normalized spacial score (nSPS) is 21.2. The van der Waals surface area contributed by atoms with E-state index in [0.29, 0.717) is 13.2 Å². The van der Waals surface area contributed by atoms with Gasteiger partial charge in [0.25, 0.3) is 0 Å². The Morgan fingerprint density at radius 1 is 1.04 bits per heavy atom. The maximum Gasteiger partial charge on any atom is 0.228 e. The summed E-state index contributed by atoms with van der Waals surface area (Å²) in [7, 11) is 0. The smallest absolute Gasteiger partial charge is 0.228 e. The molecule has 0 bridgehead atoms. The van der Waals surface area contributed by atoms with Gasteiger partial charge in [-0.05, 0) is 61.1 Å². The van der Waals surface area contributed by atoms with E-state index in [9.17, 15) is 4.79 Å². The summed E-state index contributed by atoms with van der Waals surface area (Å²) in [5.41, 5.74) is 4.30. The number of anilines is 1. The zero-order valence-electron chi connectivity index (χ0n) is 14.0. The summed E-state index contributed by atoms with van der Waals surface area (Å²) in [5.74, 6) is 1.99. The summed E-state index contributed by atoms with van der Waals surface area (Å²) in [6.07, 6.45) is 0.885. The van der Waals surface area contributed by atoms with Crippen LogP contribution in [0.5, 0.6) is 11.5 Å². The minimum absolute atomic E-state index is 0.0347. The van der Waals surface area contributed by atoms with Crippen LogP contribution in [0.4, 0.5) is 5.69 Å². The van der Waals surface area contributed by atoms with E-state index >= 15 is 0 Å². The Hall–Kier alpha value is -2.49. The van der Waals surface area contributed by atoms with Crippen molar-refractivity contribution in [1.82, 2.24) is 0 Å². The number of rotatable bonds is 3. The number of nitrogens with one attached hydrogen (secondary N) is 1. The predicted molar refractivity (Wildman–Crippen MR) is 92.8 cm³/mol. The Kier molecular flexibility index (Phi) is 3.68. The lowest BCUT2D eigenvalue weighted by Gasteiger charge is -2.18. The molecule has 4 heteroatoms. The molecule has 4 nitrogen and oxygen atoms in total. The molecule has 1 aliphatic carbocycles. The summed E-state index contributed by atoms with van der Waals surface area (Å²) in [6, 6.07) is 12.1. The van der Waals surface area contributed by atoms with Crippen LogP contribution in [0.2, 0.25) is 0 Å². The molecule has 24 heavy (non-hydrogen) atoms. The number of amides is 1. The maximum absolute atomic E-state index is 12.5. The van der Waals surface area contributed by atoms with E-state index < -0.39 is 0 Å². The van der Waals surface area contributed by atoms with E-state index in [1.54, 1.807) is 0 Å². The largest absolute Gasteiger partial charge is 0.486 e. The monoisotopic (exact) mass is 323 g/mol. The lowest BCUT2D eigenvalue weighted by Crippen LogP contribution is -2.16. The molecule has 2 aromatic rings. The molecule has 124 valence electrons. The third kappa shape index (κ3) is 2.84. The number of carbonyl (C=O) groups is 1. The first-order valence-electron chi connectivity index (χ1n) is 8.39. The quantitative estimate of drug-likeness (QED) is 0.934. The third-order valence-corrected chi connectivity index (χ3v) is 4.77. The van der Waals surface area contributed by atoms with Crippen LogP contribution in [0.1, 0.15) is 29.0 Å². The zero-order chi connectivity index (χ0) is 16.7. The Morgan fingerprint density at radius 3 is 2.67 bits per heavy atom. The number of benzene rings is 2. The molecule has 1 heterocycles. The molecule has 1 aliphatic heterocycles. The standard InChI is InChI=1S/C20H21NO3/c1-12-3-4-13(2)17(9-12)21-20(22)16-11-15(16)14-5-6-18-19(10-14)24-8-7-23-18/h3-6,9-10,15-16H,7-8,11H2,1-2H3,(H,21,22)/t15-,16+/m0/s1. The van der Waals surface area contributed by atoms with E-state index in [1.807, 2.05) is 44.2 Å². The van der Waals surface area contributed by atoms with Gasteiger partial charge in [0.05, 0.1) is 0 Å². The second-order valence-electron chi connectivity index (χ2n) is 6.66. The summed E-state index contributed by atoms with van der Waals surface area (Å²) < 4.78 is 11.2. The molecule has 0 spiro atoms. The summed E-state index contributed by atoms with van der Waals surface area (Å²) >= 11 is 0. The van der Waals surface area contributed by atoms with Crippen molar-refractivity contribution in [3.8, 4) is 11.5 Å². The average molecular weight is 323 g/mol. The molecule has 0 unspecified atom stereocenters. The molecule has 2 atom stereocenters. The highest BCUT2D eigenvalue weighted by Gasteiger charge is 2.44. The van der Waals surface area contributed by atoms with Crippen molar-refractivity contribution in [3.63, 3.8) is 0 Å². The molecule has 1 N–H and O–H groups in total. The molecule has 0 saturated heterocycles. The van der Waals surface area contributed by atoms with E-state index in [-0.39, 0.29) is 17.7 Å². The highest BCUT2D eigenvalue weighted by Crippen LogP contribution is 2.49. The third-order valence-electron chi connectivity index (χ3n) is 4.77. The van der Waals surface area contributed by atoms with Gasteiger partial charge in [-0.2, -0.15) is 0 Å². The van der Waals surface area contributed by atoms with Gasteiger partial charge in [0, 0.05) is 11.6 Å². The van der Waals surface area contributed by atoms with Crippen LogP contribution >= 0.6 is 0 Å². The fourth-order valence-corrected chi connectivity index (χ4v) is 3.24. The van der Waals surface area contributed by atoms with Crippen LogP contribution in [0.3, 0.4) is 0 Å². The summed E-state index contributed by atoms with van der Waals surface area (Å²) in [4.78, 5) is 12.5. The first-order valence-corrected chi connectivity index (χ1v) is 8.39. The summed E-state index contributed by atoms with van der Waals surface area (Å²) in [5, 5.41) is 3.08. The topological polar surface area (TPSA) is 47.6 Å². The van der Waals surface area contributed by atoms with Gasteiger partial charge in [-0.3, -0.25) is 4.79 Å². The van der Waals surface area contributed by atoms with E-state index in [1.165, 1.54) is 0 Å². The van der Waals surface area contributed by atoms with Crippen LogP contribution in [0, 0.1) is 19.8 Å². The Balaban J connectivity index is 1.46. The molecule has 1 fully saturated rings. The first kappa shape index (κ1) is 15.1. The van der Waals surface area contributed by atoms with Gasteiger partial charge in [-0.1, -0.05) is 18.2 Å². The second-order valence-corrected chi connectivity index (χ2v) is 6.66. The van der Waals surface area contributed by atoms with E-state index in [0.717, 1.165) is 40.3 Å². The molecular formula is C20H21NO3. The van der Waals surface area contributed by atoms with Crippen LogP contribution in [-0.2, 0) is 4.79 Å². The highest BCUT2D eigenvalue weighted by molar-refractivity contribution is 5.96. The lowest BCUT2D eigenvalue weighted by molar-refractivity contribution is -0.117. The van der Waals surface area contributed by atoms with Gasteiger partial charge in [-0.25, -0.2) is 0 Å². The first-order chi connectivity index (χ1) is 11.6. The van der Waals surface area contributed by atoms with Crippen LogP contribution in [-0.4, -0.2) is 19.1 Å². The Morgan fingerprint density at radius 2 is 1.83 bits per heavy atom. The number of carbonyl (C=O) groups excluding carboxylic acids is 1. The van der Waals surface area contributed by atoms with Crippen molar-refractivity contribution in [2.45, 2.75) is 26.2 Å². The number of ether oxygens (including phenoxy) is 2. The SMILES string of the molecule is Cc1ccc(C)c(NC(=O)[C@@H]2C[C@H]2c2ccc3c(c2)OCCO3)c1. The van der Waals surface area contributed by atoms with Crippen molar-refractivity contribution in [1.29, 1.82) is 0 Å². The predicted octanol–water partition coefficient (Wildman–Crippen LogP) is 3.82. The summed E-state index contributed by atoms with van der Waals surface area (Å²) in [6.45, 7) is 5.22. The number of aryl methyl sites for hydroxylation is 2. The van der Waals surface area contributed by atoms with Gasteiger partial charge in [0.15, 0.2) is 11.5 Å². The Bertz CT molecular complexity index is 799. The fourth-order valence-electron chi connectivity index (χ4n) is 3.24. The minimum atomic E-state index is 0.0347. The molecule has 1 amide bonds. The molecule has 0 radical (unpaired) electrons.